The lowest BCUT2D eigenvalue weighted by molar-refractivity contribution is 0.0939. The predicted molar refractivity (Wildman–Crippen MR) is 85.5 cm³/mol. The first-order valence-corrected chi connectivity index (χ1v) is 7.93. The molecule has 0 radical (unpaired) electrons. The number of carbonyl (C=O) groups is 1. The first-order valence-electron chi connectivity index (χ1n) is 7.93. The molecule has 2 aromatic rings. The van der Waals surface area contributed by atoms with Gasteiger partial charge in [-0.15, -0.1) is 0 Å². The number of rotatable bonds is 6. The number of aliphatic hydroxyl groups excluding tert-OH is 1. The van der Waals surface area contributed by atoms with Gasteiger partial charge in [0.15, 0.2) is 5.58 Å². The third kappa shape index (κ3) is 3.62. The van der Waals surface area contributed by atoms with Gasteiger partial charge in [-0.25, -0.2) is 4.79 Å². The minimum Gasteiger partial charge on any atom is -0.408 e. The number of hydrogen-bond acceptors (Lipinski definition) is 5. The van der Waals surface area contributed by atoms with E-state index in [9.17, 15) is 9.59 Å². The van der Waals surface area contributed by atoms with Crippen molar-refractivity contribution in [3.63, 3.8) is 0 Å². The minimum absolute atomic E-state index is 0.164. The molecule has 0 spiro atoms. The summed E-state index contributed by atoms with van der Waals surface area (Å²) in [6, 6.07) is 5.20. The fourth-order valence-electron chi connectivity index (χ4n) is 3.10. The Balaban J connectivity index is 1.60. The molecular weight excluding hydrogens is 298 g/mol. The van der Waals surface area contributed by atoms with Gasteiger partial charge in [0, 0.05) is 31.3 Å². The quantitative estimate of drug-likeness (QED) is 0.728. The van der Waals surface area contributed by atoms with Gasteiger partial charge in [0.2, 0.25) is 0 Å². The minimum atomic E-state index is -0.525. The number of likely N-dealkylation sites (tertiary alicyclic amines) is 1. The molecule has 1 amide bonds. The fraction of sp³-hybridized carbons (Fsp3) is 0.500. The van der Waals surface area contributed by atoms with E-state index in [4.69, 9.17) is 9.52 Å². The highest BCUT2D eigenvalue weighted by Crippen LogP contribution is 2.17. The molecule has 0 bridgehead atoms. The number of H-pyrrole nitrogens is 1. The maximum absolute atomic E-state index is 12.3. The molecule has 7 nitrogen and oxygen atoms in total. The molecule has 1 saturated heterocycles. The van der Waals surface area contributed by atoms with E-state index in [1.165, 1.54) is 0 Å². The second-order valence-corrected chi connectivity index (χ2v) is 5.84. The van der Waals surface area contributed by atoms with Crippen LogP contribution in [0.25, 0.3) is 11.1 Å². The number of aromatic amines is 1. The Morgan fingerprint density at radius 3 is 3.17 bits per heavy atom. The molecule has 1 atom stereocenters. The van der Waals surface area contributed by atoms with Gasteiger partial charge in [-0.05, 0) is 44.0 Å². The van der Waals surface area contributed by atoms with Crippen molar-refractivity contribution in [3.05, 3.63) is 34.3 Å². The van der Waals surface area contributed by atoms with Gasteiger partial charge in [-0.3, -0.25) is 14.7 Å². The summed E-state index contributed by atoms with van der Waals surface area (Å²) in [6.45, 7) is 2.66. The van der Waals surface area contributed by atoms with Crippen molar-refractivity contribution in [1.29, 1.82) is 0 Å². The number of aromatic nitrogens is 1. The topological polar surface area (TPSA) is 98.6 Å². The van der Waals surface area contributed by atoms with Crippen LogP contribution in [0.1, 0.15) is 29.6 Å². The molecule has 1 aromatic carbocycles. The number of nitrogens with one attached hydrogen (secondary N) is 2. The van der Waals surface area contributed by atoms with E-state index >= 15 is 0 Å². The van der Waals surface area contributed by atoms with Crippen LogP contribution in [0.3, 0.4) is 0 Å². The molecule has 7 heteroatoms. The molecule has 0 saturated carbocycles. The van der Waals surface area contributed by atoms with Crippen LogP contribution < -0.4 is 11.1 Å². The molecular formula is C16H21N3O4. The number of oxazole rings is 1. The largest absolute Gasteiger partial charge is 0.417 e. The predicted octanol–water partition coefficient (Wildman–Crippen LogP) is 0.698. The summed E-state index contributed by atoms with van der Waals surface area (Å²) in [6.07, 6.45) is 2.93. The van der Waals surface area contributed by atoms with E-state index in [1.807, 2.05) is 0 Å². The smallest absolute Gasteiger partial charge is 0.408 e. The third-order valence-electron chi connectivity index (χ3n) is 4.28. The van der Waals surface area contributed by atoms with E-state index < -0.39 is 5.76 Å². The molecule has 3 rings (SSSR count). The Morgan fingerprint density at radius 2 is 2.35 bits per heavy atom. The average molecular weight is 319 g/mol. The van der Waals surface area contributed by atoms with Crippen LogP contribution in [0.2, 0.25) is 0 Å². The molecule has 23 heavy (non-hydrogen) atoms. The van der Waals surface area contributed by atoms with Gasteiger partial charge in [-0.2, -0.15) is 0 Å². The highest BCUT2D eigenvalue weighted by Gasteiger charge is 2.24. The Hall–Kier alpha value is -2.12. The van der Waals surface area contributed by atoms with Gasteiger partial charge >= 0.3 is 5.76 Å². The lowest BCUT2D eigenvalue weighted by atomic mass is 10.1. The fourth-order valence-corrected chi connectivity index (χ4v) is 3.10. The van der Waals surface area contributed by atoms with Crippen molar-refractivity contribution in [2.45, 2.75) is 25.3 Å². The first kappa shape index (κ1) is 15.8. The van der Waals surface area contributed by atoms with Gasteiger partial charge in [0.1, 0.15) is 0 Å². The van der Waals surface area contributed by atoms with E-state index in [2.05, 4.69) is 15.2 Å². The number of hydrogen-bond donors (Lipinski definition) is 3. The van der Waals surface area contributed by atoms with Crippen molar-refractivity contribution in [2.24, 2.45) is 0 Å². The molecule has 1 aliphatic rings. The second-order valence-electron chi connectivity index (χ2n) is 5.84. The molecule has 1 fully saturated rings. The number of fused-ring (bicyclic) bond motifs is 1. The summed E-state index contributed by atoms with van der Waals surface area (Å²) in [5.74, 6) is -0.689. The molecule has 0 aliphatic carbocycles. The second kappa shape index (κ2) is 6.97. The maximum atomic E-state index is 12.3. The zero-order valence-corrected chi connectivity index (χ0v) is 12.9. The molecule has 124 valence electrons. The Kier molecular flexibility index (Phi) is 4.78. The first-order chi connectivity index (χ1) is 11.2. The SMILES string of the molecule is O=C(NCC1CCCN1CCCO)c1ccc2oc(=O)[nH]c2c1. The van der Waals surface area contributed by atoms with E-state index in [0.717, 1.165) is 32.4 Å². The standard InChI is InChI=1S/C16H21N3O4/c20-8-2-7-19-6-1-3-12(19)10-17-15(21)11-4-5-14-13(9-11)18-16(22)23-14/h4-5,9,12,20H,1-3,6-8,10H2,(H,17,21)(H,18,22). The molecule has 1 aromatic heterocycles. The molecule has 1 aliphatic heterocycles. The maximum Gasteiger partial charge on any atom is 0.417 e. The summed E-state index contributed by atoms with van der Waals surface area (Å²) < 4.78 is 4.93. The average Bonchev–Trinajstić information content (AvgIpc) is 3.14. The van der Waals surface area contributed by atoms with Crippen LogP contribution in [-0.4, -0.2) is 53.2 Å². The molecule has 2 heterocycles. The number of nitrogens with zero attached hydrogens (tertiary/aromatic N) is 1. The van der Waals surface area contributed by atoms with E-state index in [-0.39, 0.29) is 12.5 Å². The molecule has 3 N–H and O–H groups in total. The van der Waals surface area contributed by atoms with Crippen LogP contribution in [0.4, 0.5) is 0 Å². The summed E-state index contributed by atoms with van der Waals surface area (Å²) in [5.41, 5.74) is 1.46. The van der Waals surface area contributed by atoms with Crippen LogP contribution in [0.5, 0.6) is 0 Å². The van der Waals surface area contributed by atoms with Gasteiger partial charge in [-0.1, -0.05) is 0 Å². The van der Waals surface area contributed by atoms with Crippen LogP contribution in [-0.2, 0) is 0 Å². The number of aliphatic hydroxyl groups is 1. The summed E-state index contributed by atoms with van der Waals surface area (Å²) >= 11 is 0. The number of benzene rings is 1. The summed E-state index contributed by atoms with van der Waals surface area (Å²) in [5, 5.41) is 11.9. The van der Waals surface area contributed by atoms with Crippen molar-refractivity contribution in [1.82, 2.24) is 15.2 Å². The van der Waals surface area contributed by atoms with Crippen LogP contribution in [0.15, 0.2) is 27.4 Å². The lowest BCUT2D eigenvalue weighted by Gasteiger charge is -2.24. The lowest BCUT2D eigenvalue weighted by Crippen LogP contribution is -2.40. The monoisotopic (exact) mass is 319 g/mol. The zero-order valence-electron chi connectivity index (χ0n) is 12.9. The van der Waals surface area contributed by atoms with Crippen molar-refractivity contribution in [3.8, 4) is 0 Å². The Labute approximate surface area is 133 Å². The number of amides is 1. The number of carbonyl (C=O) groups excluding carboxylic acids is 1. The van der Waals surface area contributed by atoms with Crippen molar-refractivity contribution in [2.75, 3.05) is 26.2 Å². The van der Waals surface area contributed by atoms with Gasteiger partial charge in [0.25, 0.3) is 5.91 Å². The van der Waals surface area contributed by atoms with E-state index in [0.29, 0.717) is 29.2 Å². The summed E-state index contributed by atoms with van der Waals surface area (Å²) in [7, 11) is 0. The third-order valence-corrected chi connectivity index (χ3v) is 4.28. The molecule has 1 unspecified atom stereocenters. The van der Waals surface area contributed by atoms with Gasteiger partial charge in [0.05, 0.1) is 5.52 Å². The van der Waals surface area contributed by atoms with Crippen molar-refractivity contribution < 1.29 is 14.3 Å². The zero-order chi connectivity index (χ0) is 16.2. The highest BCUT2D eigenvalue weighted by molar-refractivity contribution is 5.97. The normalized spacial score (nSPS) is 18.6. The summed E-state index contributed by atoms with van der Waals surface area (Å²) in [4.78, 5) is 28.3. The Morgan fingerprint density at radius 1 is 1.48 bits per heavy atom. The highest BCUT2D eigenvalue weighted by atomic mass is 16.4. The van der Waals surface area contributed by atoms with Crippen LogP contribution in [0, 0.1) is 0 Å². The van der Waals surface area contributed by atoms with Crippen LogP contribution >= 0.6 is 0 Å². The van der Waals surface area contributed by atoms with E-state index in [1.54, 1.807) is 18.2 Å². The van der Waals surface area contributed by atoms with Gasteiger partial charge < -0.3 is 14.8 Å². The van der Waals surface area contributed by atoms with Crippen molar-refractivity contribution >= 4 is 17.0 Å². The Bertz CT molecular complexity index is 736.